The van der Waals surface area contributed by atoms with E-state index in [0.29, 0.717) is 0 Å². The van der Waals surface area contributed by atoms with Gasteiger partial charge in [-0.15, -0.1) is 22.7 Å². The van der Waals surface area contributed by atoms with Crippen LogP contribution in [0.25, 0.3) is 106 Å². The van der Waals surface area contributed by atoms with Crippen molar-refractivity contribution in [3.63, 3.8) is 0 Å². The van der Waals surface area contributed by atoms with E-state index in [-0.39, 0.29) is 0 Å². The number of benzene rings is 9. The third-order valence-electron chi connectivity index (χ3n) is 10.4. The molecule has 11 rings (SSSR count). The summed E-state index contributed by atoms with van der Waals surface area (Å²) in [7, 11) is 0. The first kappa shape index (κ1) is 28.1. The molecular formula is C48H28S2. The first-order valence-electron chi connectivity index (χ1n) is 17.1. The quantitative estimate of drug-likeness (QED) is 0.164. The van der Waals surface area contributed by atoms with Gasteiger partial charge in [0.1, 0.15) is 0 Å². The third kappa shape index (κ3) is 4.16. The zero-order valence-corrected chi connectivity index (χ0v) is 28.6. The summed E-state index contributed by atoms with van der Waals surface area (Å²) in [6.45, 7) is 0. The van der Waals surface area contributed by atoms with Crippen molar-refractivity contribution in [3.05, 3.63) is 170 Å². The predicted molar refractivity (Wildman–Crippen MR) is 221 cm³/mol. The van der Waals surface area contributed by atoms with Crippen LogP contribution >= 0.6 is 22.7 Å². The minimum absolute atomic E-state index is 1.23. The smallest absolute Gasteiger partial charge is 0.0369 e. The molecule has 0 nitrogen and oxygen atoms in total. The SMILES string of the molecule is c1cc(-c2ccc3sc4cc5sc6ccccc6c5cc4c3c2)cc(-c2c3ccccc3c(-c3cccc4ccccc34)c3ccccc23)c1. The maximum Gasteiger partial charge on any atom is 0.0369 e. The first-order chi connectivity index (χ1) is 24.8. The molecule has 11 aromatic rings. The second kappa shape index (κ2) is 10.9. The van der Waals surface area contributed by atoms with Crippen LogP contribution in [-0.4, -0.2) is 0 Å². The van der Waals surface area contributed by atoms with Crippen LogP contribution in [0, 0.1) is 0 Å². The Kier molecular flexibility index (Phi) is 6.09. The highest BCUT2D eigenvalue weighted by atomic mass is 32.1. The van der Waals surface area contributed by atoms with Gasteiger partial charge in [0.2, 0.25) is 0 Å². The van der Waals surface area contributed by atoms with Crippen molar-refractivity contribution >= 4 is 95.3 Å². The molecule has 0 saturated carbocycles. The van der Waals surface area contributed by atoms with Crippen LogP contribution in [0.4, 0.5) is 0 Å². The zero-order valence-electron chi connectivity index (χ0n) is 27.0. The summed E-state index contributed by atoms with van der Waals surface area (Å²) in [4.78, 5) is 0. The van der Waals surface area contributed by atoms with Crippen LogP contribution in [0.5, 0.6) is 0 Å². The molecule has 9 aromatic carbocycles. The molecule has 0 saturated heterocycles. The van der Waals surface area contributed by atoms with E-state index in [0.717, 1.165) is 0 Å². The van der Waals surface area contributed by atoms with Crippen molar-refractivity contribution < 1.29 is 0 Å². The first-order valence-corrected chi connectivity index (χ1v) is 18.7. The molecule has 232 valence electrons. The maximum absolute atomic E-state index is 2.43. The van der Waals surface area contributed by atoms with Crippen LogP contribution < -0.4 is 0 Å². The molecule has 0 fully saturated rings. The van der Waals surface area contributed by atoms with Crippen molar-refractivity contribution in [1.82, 2.24) is 0 Å². The van der Waals surface area contributed by atoms with Gasteiger partial charge in [-0.3, -0.25) is 0 Å². The van der Waals surface area contributed by atoms with E-state index in [9.17, 15) is 0 Å². The van der Waals surface area contributed by atoms with Crippen LogP contribution in [0.2, 0.25) is 0 Å². The van der Waals surface area contributed by atoms with Gasteiger partial charge in [-0.1, -0.05) is 133 Å². The van der Waals surface area contributed by atoms with Gasteiger partial charge in [0, 0.05) is 40.3 Å². The summed E-state index contributed by atoms with van der Waals surface area (Å²) in [5.74, 6) is 0. The molecule has 50 heavy (non-hydrogen) atoms. The molecule has 2 aromatic heterocycles. The number of hydrogen-bond acceptors (Lipinski definition) is 2. The second-order valence-electron chi connectivity index (χ2n) is 13.2. The summed E-state index contributed by atoms with van der Waals surface area (Å²) >= 11 is 3.79. The highest BCUT2D eigenvalue weighted by Gasteiger charge is 2.18. The lowest BCUT2D eigenvalue weighted by atomic mass is 9.84. The lowest BCUT2D eigenvalue weighted by Gasteiger charge is -2.19. The van der Waals surface area contributed by atoms with Gasteiger partial charge in [0.15, 0.2) is 0 Å². The van der Waals surface area contributed by atoms with Crippen LogP contribution in [0.15, 0.2) is 170 Å². The van der Waals surface area contributed by atoms with E-state index in [2.05, 4.69) is 170 Å². The van der Waals surface area contributed by atoms with Crippen LogP contribution in [0.3, 0.4) is 0 Å². The Morgan fingerprint density at radius 2 is 0.780 bits per heavy atom. The molecule has 0 radical (unpaired) electrons. The van der Waals surface area contributed by atoms with Gasteiger partial charge in [-0.2, -0.15) is 0 Å². The van der Waals surface area contributed by atoms with Crippen molar-refractivity contribution in [1.29, 1.82) is 0 Å². The Morgan fingerprint density at radius 3 is 1.54 bits per heavy atom. The van der Waals surface area contributed by atoms with Gasteiger partial charge < -0.3 is 0 Å². The largest absolute Gasteiger partial charge is 0.135 e. The van der Waals surface area contributed by atoms with Crippen LogP contribution in [0.1, 0.15) is 0 Å². The number of rotatable bonds is 3. The van der Waals surface area contributed by atoms with E-state index in [1.807, 2.05) is 22.7 Å². The molecule has 2 heteroatoms. The Labute approximate surface area is 297 Å². The standard InChI is InChI=1S/C48H28S2/c1-2-15-33-29(11-1)12-10-21-35(33)48-38-19-5-3-17-36(38)47(37-18-4-6-20-39(37)48)32-14-9-13-30(25-32)31-23-24-44-40(26-31)42-27-41-34-16-7-8-22-43(34)49-45(41)28-46(42)50-44/h1-28H. The summed E-state index contributed by atoms with van der Waals surface area (Å²) in [5, 5.41) is 13.0. The van der Waals surface area contributed by atoms with Gasteiger partial charge in [-0.25, -0.2) is 0 Å². The zero-order chi connectivity index (χ0) is 32.8. The lowest BCUT2D eigenvalue weighted by Crippen LogP contribution is -1.92. The number of thiophene rings is 2. The number of hydrogen-bond donors (Lipinski definition) is 0. The van der Waals surface area contributed by atoms with Crippen molar-refractivity contribution in [2.45, 2.75) is 0 Å². The summed E-state index contributed by atoms with van der Waals surface area (Å²) in [6.07, 6.45) is 0. The van der Waals surface area contributed by atoms with E-state index < -0.39 is 0 Å². The lowest BCUT2D eigenvalue weighted by molar-refractivity contribution is 1.63. The molecule has 0 unspecified atom stereocenters. The Balaban J connectivity index is 1.12. The van der Waals surface area contributed by atoms with Crippen molar-refractivity contribution in [2.75, 3.05) is 0 Å². The Morgan fingerprint density at radius 1 is 0.260 bits per heavy atom. The topological polar surface area (TPSA) is 0 Å². The van der Waals surface area contributed by atoms with E-state index in [1.165, 1.54) is 106 Å². The highest BCUT2D eigenvalue weighted by molar-refractivity contribution is 7.28. The molecule has 0 aliphatic rings. The third-order valence-corrected chi connectivity index (χ3v) is 12.7. The molecular weight excluding hydrogens is 641 g/mol. The minimum atomic E-state index is 1.23. The molecule has 0 amide bonds. The van der Waals surface area contributed by atoms with Gasteiger partial charge in [-0.05, 0) is 102 Å². The second-order valence-corrected chi connectivity index (χ2v) is 15.4. The van der Waals surface area contributed by atoms with Crippen molar-refractivity contribution in [2.24, 2.45) is 0 Å². The average Bonchev–Trinajstić information content (AvgIpc) is 3.72. The van der Waals surface area contributed by atoms with Gasteiger partial charge >= 0.3 is 0 Å². The normalized spacial score (nSPS) is 12.0. The molecule has 2 heterocycles. The van der Waals surface area contributed by atoms with Gasteiger partial charge in [0.05, 0.1) is 0 Å². The van der Waals surface area contributed by atoms with Crippen LogP contribution in [-0.2, 0) is 0 Å². The molecule has 0 N–H and O–H groups in total. The molecule has 0 aliphatic carbocycles. The molecule has 0 bridgehead atoms. The van der Waals surface area contributed by atoms with E-state index >= 15 is 0 Å². The molecule has 0 spiro atoms. The maximum atomic E-state index is 2.43. The Bertz CT molecular complexity index is 3090. The monoisotopic (exact) mass is 668 g/mol. The number of fused-ring (bicyclic) bond motifs is 9. The summed E-state index contributed by atoms with van der Waals surface area (Å²) < 4.78 is 5.41. The summed E-state index contributed by atoms with van der Waals surface area (Å²) in [5.41, 5.74) is 7.58. The fourth-order valence-corrected chi connectivity index (χ4v) is 10.5. The minimum Gasteiger partial charge on any atom is -0.135 e. The van der Waals surface area contributed by atoms with E-state index in [4.69, 9.17) is 0 Å². The predicted octanol–water partition coefficient (Wildman–Crippen LogP) is 14.9. The fourth-order valence-electron chi connectivity index (χ4n) is 8.20. The molecule has 0 aliphatic heterocycles. The van der Waals surface area contributed by atoms with Gasteiger partial charge in [0.25, 0.3) is 0 Å². The average molecular weight is 669 g/mol. The van der Waals surface area contributed by atoms with E-state index in [1.54, 1.807) is 0 Å². The van der Waals surface area contributed by atoms with Crippen molar-refractivity contribution in [3.8, 4) is 33.4 Å². The molecule has 0 atom stereocenters. The highest BCUT2D eigenvalue weighted by Crippen LogP contribution is 2.46. The summed E-state index contributed by atoms with van der Waals surface area (Å²) in [6, 6.07) is 63.2. The fraction of sp³-hybridized carbons (Fsp3) is 0. The Hall–Kier alpha value is -5.80.